The summed E-state index contributed by atoms with van der Waals surface area (Å²) in [6.07, 6.45) is -4.20. The van der Waals surface area contributed by atoms with Crippen molar-refractivity contribution >= 4 is 32.3 Å². The van der Waals surface area contributed by atoms with Gasteiger partial charge in [0, 0.05) is 9.11 Å². The molecule has 4 aromatic rings. The minimum absolute atomic E-state index is 0.412. The second-order valence-corrected chi connectivity index (χ2v) is 5.49. The highest BCUT2D eigenvalue weighted by Gasteiger charge is 2.24. The molecule has 1 N–H and O–H groups in total. The molecular formula is C20H14O. The van der Waals surface area contributed by atoms with Crippen LogP contribution in [0.15, 0.2) is 60.7 Å². The van der Waals surface area contributed by atoms with Gasteiger partial charge < -0.3 is 5.11 Å². The monoisotopic (exact) mass is 276 g/mol. The standard InChI is InChI=1S/C20H14O/c21-19-11-18-15-9-8-12-4-1-2-6-14(12)17(15)10-13-5-3-7-16(19)20(13)18/h1-10,19,21H,11H2/i11+1D2,19+1D,21D. The van der Waals surface area contributed by atoms with Crippen molar-refractivity contribution in [3.8, 4) is 0 Å². The second-order valence-electron chi connectivity index (χ2n) is 5.49. The first kappa shape index (κ1) is 8.16. The van der Waals surface area contributed by atoms with Gasteiger partial charge in [-0.25, -0.2) is 0 Å². The molecule has 100 valence electrons. The second kappa shape index (κ2) is 3.84. The van der Waals surface area contributed by atoms with Crippen molar-refractivity contribution in [2.45, 2.75) is 12.5 Å². The topological polar surface area (TPSA) is 20.2 Å². The Labute approximate surface area is 128 Å². The van der Waals surface area contributed by atoms with Crippen LogP contribution in [0.3, 0.4) is 0 Å². The van der Waals surface area contributed by atoms with Crippen molar-refractivity contribution in [3.05, 3.63) is 71.8 Å². The van der Waals surface area contributed by atoms with Crippen LogP contribution in [0.2, 0.25) is 0 Å². The minimum Gasteiger partial charge on any atom is -0.388 e. The summed E-state index contributed by atoms with van der Waals surface area (Å²) in [5, 5.41) is 10.1. The van der Waals surface area contributed by atoms with E-state index in [1.54, 1.807) is 12.1 Å². The summed E-state index contributed by atoms with van der Waals surface area (Å²) in [5.74, 6) is 0. The number of hydrogen-bond acceptors (Lipinski definition) is 1. The van der Waals surface area contributed by atoms with Gasteiger partial charge in [-0.15, -0.1) is 0 Å². The zero-order chi connectivity index (χ0) is 17.4. The van der Waals surface area contributed by atoms with Gasteiger partial charge in [-0.2, -0.15) is 0 Å². The van der Waals surface area contributed by atoms with E-state index in [2.05, 4.69) is 5.11 Å². The third kappa shape index (κ3) is 1.39. The molecule has 0 bridgehead atoms. The Hall–Kier alpha value is -2.38. The molecule has 0 radical (unpaired) electrons. The molecule has 1 unspecified atom stereocenters. The normalized spacial score (nSPS) is 25.7. The van der Waals surface area contributed by atoms with E-state index in [4.69, 9.17) is 5.54 Å². The van der Waals surface area contributed by atoms with Crippen molar-refractivity contribution in [2.24, 2.45) is 0 Å². The van der Waals surface area contributed by atoms with Crippen LogP contribution in [0, 0.1) is 0 Å². The Morgan fingerprint density at radius 2 is 1.86 bits per heavy atom. The lowest BCUT2D eigenvalue weighted by atomic mass is 9.96. The molecule has 1 aliphatic rings. The summed E-state index contributed by atoms with van der Waals surface area (Å²) >= 11 is 0. The van der Waals surface area contributed by atoms with E-state index in [1.165, 1.54) is 0 Å². The highest BCUT2D eigenvalue weighted by atomic mass is 16.4. The first-order valence-corrected chi connectivity index (χ1v) is 7.01. The van der Waals surface area contributed by atoms with Gasteiger partial charge in [0.25, 0.3) is 0 Å². The zero-order valence-corrected chi connectivity index (χ0v) is 11.2. The molecule has 1 aliphatic carbocycles. The zero-order valence-electron chi connectivity index (χ0n) is 15.2. The fourth-order valence-electron chi connectivity index (χ4n) is 3.43. The molecule has 0 amide bonds. The van der Waals surface area contributed by atoms with Crippen LogP contribution < -0.4 is 0 Å². The lowest BCUT2D eigenvalue weighted by molar-refractivity contribution is 0.186. The van der Waals surface area contributed by atoms with E-state index < -0.39 is 12.5 Å². The van der Waals surface area contributed by atoms with Crippen molar-refractivity contribution in [1.82, 2.24) is 0 Å². The molecule has 21 heavy (non-hydrogen) atoms. The average Bonchev–Trinajstić information content (AvgIpc) is 2.82. The van der Waals surface area contributed by atoms with Gasteiger partial charge in [0.05, 0.1) is 7.45 Å². The van der Waals surface area contributed by atoms with Gasteiger partial charge in [0.2, 0.25) is 1.43 Å². The van der Waals surface area contributed by atoms with Crippen LogP contribution in [0.25, 0.3) is 32.3 Å². The molecule has 0 saturated carbocycles. The third-order valence-corrected chi connectivity index (χ3v) is 4.37. The molecular weight excluding hydrogens is 258 g/mol. The number of aliphatic hydroxyl groups is 1. The van der Waals surface area contributed by atoms with Crippen LogP contribution in [0.4, 0.5) is 0 Å². The summed E-state index contributed by atoms with van der Waals surface area (Å²) in [4.78, 5) is 0. The molecule has 0 heterocycles. The van der Waals surface area contributed by atoms with Crippen molar-refractivity contribution < 1.29 is 9.22 Å². The van der Waals surface area contributed by atoms with Crippen molar-refractivity contribution in [1.29, 1.82) is 1.43 Å². The van der Waals surface area contributed by atoms with E-state index in [0.29, 0.717) is 16.5 Å². The Morgan fingerprint density at radius 1 is 0.952 bits per heavy atom. The van der Waals surface area contributed by atoms with Gasteiger partial charge in [-0.1, -0.05) is 54.6 Å². The number of rotatable bonds is 1. The van der Waals surface area contributed by atoms with Gasteiger partial charge >= 0.3 is 0 Å². The summed E-state index contributed by atoms with van der Waals surface area (Å²) < 4.78 is 33.2. The molecule has 1 atom stereocenters. The van der Waals surface area contributed by atoms with Gasteiger partial charge in [-0.3, -0.25) is 0 Å². The highest BCUT2D eigenvalue weighted by molar-refractivity contribution is 6.15. The predicted molar refractivity (Wildman–Crippen MR) is 87.6 cm³/mol. The third-order valence-electron chi connectivity index (χ3n) is 4.37. The quantitative estimate of drug-likeness (QED) is 0.302. The number of benzene rings is 4. The first-order chi connectivity index (χ1) is 12.0. The predicted octanol–water partition coefficient (Wildman–Crippen LogP) is 4.74. The number of fused-ring (bicyclic) bond motifs is 4. The Kier molecular flexibility index (Phi) is 1.49. The Bertz CT molecular complexity index is 1180. The molecule has 1 nitrogen and oxygen atoms in total. The lowest BCUT2D eigenvalue weighted by Gasteiger charge is -2.09. The van der Waals surface area contributed by atoms with E-state index in [-0.39, 0.29) is 0 Å². The summed E-state index contributed by atoms with van der Waals surface area (Å²) in [6, 6.07) is 19.4. The minimum atomic E-state index is -2.13. The van der Waals surface area contributed by atoms with Crippen LogP contribution >= 0.6 is 0 Å². The molecule has 4 aromatic carbocycles. The van der Waals surface area contributed by atoms with Gasteiger partial charge in [0.1, 0.15) is 0 Å². The average molecular weight is 276 g/mol. The molecule has 0 saturated heterocycles. The van der Waals surface area contributed by atoms with Crippen molar-refractivity contribution in [3.63, 3.8) is 0 Å². The number of hydrogen-bond donors (Lipinski definition) is 1. The van der Waals surface area contributed by atoms with Crippen LogP contribution in [-0.4, -0.2) is 6.54 Å². The van der Waals surface area contributed by atoms with E-state index >= 15 is 0 Å². The highest BCUT2D eigenvalue weighted by Crippen LogP contribution is 2.42. The first-order valence-electron chi connectivity index (χ1n) is 8.92. The maximum absolute atomic E-state index is 8.64. The maximum Gasteiger partial charge on any atom is 0.211 e. The summed E-state index contributed by atoms with van der Waals surface area (Å²) in [5.41, 5.74) is 0.860. The Morgan fingerprint density at radius 3 is 2.81 bits per heavy atom. The largest absolute Gasteiger partial charge is 0.388 e. The molecule has 0 aromatic heterocycles. The maximum atomic E-state index is 8.64. The van der Waals surface area contributed by atoms with E-state index in [0.717, 1.165) is 26.9 Å². The van der Waals surface area contributed by atoms with Crippen LogP contribution in [0.5, 0.6) is 0 Å². The SMILES string of the molecule is [2H]O[13C]1([2H])c2cccc3cc4c(ccc5ccccc54)c(c23)[13C]1([2H])[2H]. The Balaban J connectivity index is 2.07. The molecule has 1 heteroatoms. The summed E-state index contributed by atoms with van der Waals surface area (Å²) in [7, 11) is 0. The van der Waals surface area contributed by atoms with Gasteiger partial charge in [0.15, 0.2) is 0 Å². The smallest absolute Gasteiger partial charge is 0.211 e. The lowest BCUT2D eigenvalue weighted by Crippen LogP contribution is -1.92. The molecule has 0 aliphatic heterocycles. The fourth-order valence-corrected chi connectivity index (χ4v) is 3.43. The molecule has 0 spiro atoms. The van der Waals surface area contributed by atoms with Gasteiger partial charge in [-0.05, 0) is 49.5 Å². The van der Waals surface area contributed by atoms with Crippen molar-refractivity contribution in [2.75, 3.05) is 0 Å². The molecule has 5 rings (SSSR count). The van der Waals surface area contributed by atoms with E-state index in [1.807, 2.05) is 48.5 Å². The van der Waals surface area contributed by atoms with Crippen LogP contribution in [-0.2, 0) is 6.37 Å². The van der Waals surface area contributed by atoms with Crippen LogP contribution in [0.1, 0.15) is 21.3 Å². The summed E-state index contributed by atoms with van der Waals surface area (Å²) in [6.45, 7) is 0. The fraction of sp³-hybridized carbons (Fsp3) is 0.100. The van der Waals surface area contributed by atoms with E-state index in [9.17, 15) is 0 Å². The molecule has 0 fully saturated rings.